The molecule has 0 amide bonds. The average Bonchev–Trinajstić information content (AvgIpc) is 2.15. The molecule has 2 atom stereocenters. The predicted octanol–water partition coefficient (Wildman–Crippen LogP) is 4.97. The zero-order valence-electron chi connectivity index (χ0n) is 8.80. The Morgan fingerprint density at radius 3 is 2.29 bits per heavy atom. The van der Waals surface area contributed by atoms with Crippen LogP contribution in [0.5, 0.6) is 0 Å². The van der Waals surface area contributed by atoms with Crippen molar-refractivity contribution in [2.75, 3.05) is 0 Å². The molecule has 2 heteroatoms. The number of benzene rings is 1. The van der Waals surface area contributed by atoms with E-state index in [1.165, 1.54) is 5.56 Å². The fourth-order valence-electron chi connectivity index (χ4n) is 1.55. The number of hydrogen-bond acceptors (Lipinski definition) is 0. The van der Waals surface area contributed by atoms with Gasteiger partial charge in [0.05, 0.1) is 0 Å². The Labute approximate surface area is 103 Å². The van der Waals surface area contributed by atoms with Gasteiger partial charge in [-0.2, -0.15) is 0 Å². The first kappa shape index (κ1) is 12.3. The van der Waals surface area contributed by atoms with Gasteiger partial charge in [0.1, 0.15) is 0 Å². The highest BCUT2D eigenvalue weighted by atomic mass is 79.9. The van der Waals surface area contributed by atoms with Crippen molar-refractivity contribution in [3.8, 4) is 0 Å². The maximum atomic E-state index is 3.75. The predicted molar refractivity (Wildman–Crippen MR) is 70.1 cm³/mol. The molecule has 0 N–H and O–H groups in total. The molecule has 0 nitrogen and oxygen atoms in total. The Morgan fingerprint density at radius 2 is 1.79 bits per heavy atom. The van der Waals surface area contributed by atoms with Gasteiger partial charge in [0.2, 0.25) is 0 Å². The van der Waals surface area contributed by atoms with Crippen LogP contribution in [-0.4, -0.2) is 4.83 Å². The normalized spacial score (nSPS) is 15.6. The number of halogens is 2. The first-order valence-corrected chi connectivity index (χ1v) is 6.62. The fraction of sp³-hybridized carbons (Fsp3) is 0.500. The van der Waals surface area contributed by atoms with Crippen LogP contribution in [0.15, 0.2) is 28.7 Å². The Balaban J connectivity index is 2.83. The topological polar surface area (TPSA) is 0 Å². The molecule has 2 unspecified atom stereocenters. The Hall–Kier alpha value is 0.180. The van der Waals surface area contributed by atoms with E-state index in [1.54, 1.807) is 0 Å². The van der Waals surface area contributed by atoms with E-state index in [-0.39, 0.29) is 0 Å². The van der Waals surface area contributed by atoms with Crippen molar-refractivity contribution in [2.45, 2.75) is 31.5 Å². The molecule has 0 aliphatic heterocycles. The van der Waals surface area contributed by atoms with Gasteiger partial charge in [-0.15, -0.1) is 0 Å². The van der Waals surface area contributed by atoms with E-state index in [0.717, 1.165) is 4.47 Å². The summed E-state index contributed by atoms with van der Waals surface area (Å²) in [6.07, 6.45) is 0. The van der Waals surface area contributed by atoms with Gasteiger partial charge in [-0.05, 0) is 29.5 Å². The molecule has 0 aromatic heterocycles. The summed E-state index contributed by atoms with van der Waals surface area (Å²) in [6, 6.07) is 8.54. The van der Waals surface area contributed by atoms with Gasteiger partial charge in [0.25, 0.3) is 0 Å². The monoisotopic (exact) mass is 318 g/mol. The number of hydrogen-bond donors (Lipinski definition) is 0. The van der Waals surface area contributed by atoms with Gasteiger partial charge in [0.15, 0.2) is 0 Å². The summed E-state index contributed by atoms with van der Waals surface area (Å²) in [5, 5.41) is 0. The Morgan fingerprint density at radius 1 is 1.14 bits per heavy atom. The zero-order valence-corrected chi connectivity index (χ0v) is 12.0. The molecule has 0 heterocycles. The minimum atomic E-state index is 0.539. The molecule has 1 rings (SSSR count). The van der Waals surface area contributed by atoms with Gasteiger partial charge < -0.3 is 0 Å². The lowest BCUT2D eigenvalue weighted by atomic mass is 9.92. The summed E-state index contributed by atoms with van der Waals surface area (Å²) < 4.78 is 1.16. The van der Waals surface area contributed by atoms with Crippen LogP contribution in [-0.2, 0) is 0 Å². The molecule has 1 aromatic carbocycles. The van der Waals surface area contributed by atoms with E-state index in [1.807, 2.05) is 0 Å². The maximum absolute atomic E-state index is 3.75. The number of alkyl halides is 1. The molecule has 1 aromatic rings. The first-order valence-electron chi connectivity index (χ1n) is 4.92. The molecule has 0 aliphatic carbocycles. The largest absolute Gasteiger partial charge is 0.0881 e. The highest BCUT2D eigenvalue weighted by molar-refractivity contribution is 9.10. The third-order valence-electron chi connectivity index (χ3n) is 2.49. The van der Waals surface area contributed by atoms with E-state index in [4.69, 9.17) is 0 Å². The molecule has 14 heavy (non-hydrogen) atoms. The summed E-state index contributed by atoms with van der Waals surface area (Å²) in [4.78, 5) is 0.539. The van der Waals surface area contributed by atoms with E-state index in [9.17, 15) is 0 Å². The minimum Gasteiger partial charge on any atom is -0.0881 e. The Bertz CT molecular complexity index is 294. The zero-order chi connectivity index (χ0) is 10.7. The van der Waals surface area contributed by atoms with Crippen molar-refractivity contribution in [3.63, 3.8) is 0 Å². The molecule has 78 valence electrons. The summed E-state index contributed by atoms with van der Waals surface area (Å²) in [7, 11) is 0. The van der Waals surface area contributed by atoms with Crippen LogP contribution in [0.3, 0.4) is 0 Å². The quantitative estimate of drug-likeness (QED) is 0.690. The van der Waals surface area contributed by atoms with Crippen molar-refractivity contribution >= 4 is 31.9 Å². The van der Waals surface area contributed by atoms with Crippen LogP contribution in [0, 0.1) is 5.92 Å². The van der Waals surface area contributed by atoms with Gasteiger partial charge in [-0.3, -0.25) is 0 Å². The lowest BCUT2D eigenvalue weighted by molar-refractivity contribution is 0.550. The SMILES string of the molecule is CC(C)C(Br)C(C)c1cccc(Br)c1. The van der Waals surface area contributed by atoms with Crippen molar-refractivity contribution < 1.29 is 0 Å². The maximum Gasteiger partial charge on any atom is 0.0234 e. The van der Waals surface area contributed by atoms with Gasteiger partial charge in [0, 0.05) is 9.30 Å². The second-order valence-corrected chi connectivity index (χ2v) is 6.01. The van der Waals surface area contributed by atoms with E-state index >= 15 is 0 Å². The van der Waals surface area contributed by atoms with Crippen molar-refractivity contribution in [3.05, 3.63) is 34.3 Å². The standard InChI is InChI=1S/C12H16Br2/c1-8(2)12(14)9(3)10-5-4-6-11(13)7-10/h4-9,12H,1-3H3. The van der Waals surface area contributed by atoms with Gasteiger partial charge >= 0.3 is 0 Å². The highest BCUT2D eigenvalue weighted by Crippen LogP contribution is 2.30. The summed E-state index contributed by atoms with van der Waals surface area (Å²) >= 11 is 7.25. The Kier molecular flexibility index (Phi) is 4.65. The van der Waals surface area contributed by atoms with Crippen LogP contribution < -0.4 is 0 Å². The second-order valence-electron chi connectivity index (χ2n) is 4.03. The average molecular weight is 320 g/mol. The molecular weight excluding hydrogens is 304 g/mol. The molecular formula is C12H16Br2. The fourth-order valence-corrected chi connectivity index (χ4v) is 2.27. The van der Waals surface area contributed by atoms with Crippen molar-refractivity contribution in [2.24, 2.45) is 5.92 Å². The van der Waals surface area contributed by atoms with Crippen LogP contribution in [0.25, 0.3) is 0 Å². The van der Waals surface area contributed by atoms with Crippen LogP contribution in [0.1, 0.15) is 32.3 Å². The lowest BCUT2D eigenvalue weighted by Gasteiger charge is -2.22. The third kappa shape index (κ3) is 3.09. The van der Waals surface area contributed by atoms with E-state index in [0.29, 0.717) is 16.7 Å². The molecule has 0 aliphatic rings. The molecule has 0 fully saturated rings. The van der Waals surface area contributed by atoms with Crippen LogP contribution in [0.2, 0.25) is 0 Å². The third-order valence-corrected chi connectivity index (χ3v) is 4.83. The molecule has 0 spiro atoms. The lowest BCUT2D eigenvalue weighted by Crippen LogP contribution is -2.15. The van der Waals surface area contributed by atoms with Crippen molar-refractivity contribution in [1.29, 1.82) is 0 Å². The van der Waals surface area contributed by atoms with Gasteiger partial charge in [-0.25, -0.2) is 0 Å². The van der Waals surface area contributed by atoms with Gasteiger partial charge in [-0.1, -0.05) is 64.8 Å². The van der Waals surface area contributed by atoms with Crippen LogP contribution >= 0.6 is 31.9 Å². The smallest absolute Gasteiger partial charge is 0.0234 e. The highest BCUT2D eigenvalue weighted by Gasteiger charge is 2.18. The van der Waals surface area contributed by atoms with E-state index < -0.39 is 0 Å². The summed E-state index contributed by atoms with van der Waals surface area (Å²) in [5.74, 6) is 1.21. The van der Waals surface area contributed by atoms with Crippen LogP contribution in [0.4, 0.5) is 0 Å². The molecule has 0 saturated carbocycles. The van der Waals surface area contributed by atoms with E-state index in [2.05, 4.69) is 76.9 Å². The summed E-state index contributed by atoms with van der Waals surface area (Å²) in [6.45, 7) is 6.75. The molecule has 0 radical (unpaired) electrons. The minimum absolute atomic E-state index is 0.539. The number of rotatable bonds is 3. The summed E-state index contributed by atoms with van der Waals surface area (Å²) in [5.41, 5.74) is 1.38. The van der Waals surface area contributed by atoms with Crippen molar-refractivity contribution in [1.82, 2.24) is 0 Å². The second kappa shape index (κ2) is 5.32. The first-order chi connectivity index (χ1) is 6.52. The molecule has 0 saturated heterocycles. The molecule has 0 bridgehead atoms.